The van der Waals surface area contributed by atoms with Crippen LogP contribution in [0.4, 0.5) is 0 Å². The van der Waals surface area contributed by atoms with Crippen LogP contribution in [0.25, 0.3) is 10.1 Å². The van der Waals surface area contributed by atoms with Gasteiger partial charge in [-0.1, -0.05) is 41.9 Å². The van der Waals surface area contributed by atoms with Gasteiger partial charge in [0.25, 0.3) is 0 Å². The van der Waals surface area contributed by atoms with Crippen molar-refractivity contribution in [1.82, 2.24) is 0 Å². The van der Waals surface area contributed by atoms with Crippen LogP contribution in [-0.2, 0) is 11.2 Å². The predicted octanol–water partition coefficient (Wildman–Crippen LogP) is 5.46. The largest absolute Gasteiger partial charge is 0.298 e. The molecule has 0 radical (unpaired) electrons. The molecule has 0 unspecified atom stereocenters. The van der Waals surface area contributed by atoms with Crippen molar-refractivity contribution in [3.05, 3.63) is 64.5 Å². The standard InChI is InChI=1S/C17H13ClOS2/c18-15-6-2-4-8-17(15)21-11-13(19)9-12-10-20-16-7-3-1-5-14(12)16/h1-8,10H,9,11H2. The number of carbonyl (C=O) groups is 1. The van der Waals surface area contributed by atoms with Gasteiger partial charge in [0.15, 0.2) is 0 Å². The van der Waals surface area contributed by atoms with Crippen molar-refractivity contribution < 1.29 is 4.79 Å². The first-order chi connectivity index (χ1) is 10.2. The summed E-state index contributed by atoms with van der Waals surface area (Å²) in [6.45, 7) is 0. The van der Waals surface area contributed by atoms with E-state index >= 15 is 0 Å². The Labute approximate surface area is 136 Å². The second-order valence-corrected chi connectivity index (χ2v) is 7.03. The van der Waals surface area contributed by atoms with Crippen LogP contribution in [0.1, 0.15) is 5.56 Å². The molecule has 2 aromatic carbocycles. The third kappa shape index (κ3) is 3.49. The summed E-state index contributed by atoms with van der Waals surface area (Å²) in [5.74, 6) is 0.678. The minimum atomic E-state index is 0.225. The fraction of sp³-hybridized carbons (Fsp3) is 0.118. The SMILES string of the molecule is O=C(CSc1ccccc1Cl)Cc1csc2ccccc12. The van der Waals surface area contributed by atoms with Gasteiger partial charge in [-0.3, -0.25) is 4.79 Å². The lowest BCUT2D eigenvalue weighted by molar-refractivity contribution is -0.115. The molecular weight excluding hydrogens is 320 g/mol. The van der Waals surface area contributed by atoms with Crippen molar-refractivity contribution in [1.29, 1.82) is 0 Å². The molecule has 4 heteroatoms. The van der Waals surface area contributed by atoms with Gasteiger partial charge in [-0.15, -0.1) is 23.1 Å². The van der Waals surface area contributed by atoms with Gasteiger partial charge < -0.3 is 0 Å². The van der Waals surface area contributed by atoms with E-state index in [9.17, 15) is 4.79 Å². The normalized spacial score (nSPS) is 10.9. The first kappa shape index (κ1) is 14.6. The van der Waals surface area contributed by atoms with E-state index in [-0.39, 0.29) is 5.78 Å². The summed E-state index contributed by atoms with van der Waals surface area (Å²) in [7, 11) is 0. The highest BCUT2D eigenvalue weighted by molar-refractivity contribution is 8.00. The average molecular weight is 333 g/mol. The van der Waals surface area contributed by atoms with E-state index in [1.807, 2.05) is 36.4 Å². The molecule has 0 N–H and O–H groups in total. The van der Waals surface area contributed by atoms with Gasteiger partial charge in [0.1, 0.15) is 5.78 Å². The van der Waals surface area contributed by atoms with Crippen LogP contribution in [-0.4, -0.2) is 11.5 Å². The van der Waals surface area contributed by atoms with Crippen LogP contribution < -0.4 is 0 Å². The second kappa shape index (κ2) is 6.65. The van der Waals surface area contributed by atoms with E-state index in [1.165, 1.54) is 21.8 Å². The van der Waals surface area contributed by atoms with Crippen LogP contribution in [0.5, 0.6) is 0 Å². The summed E-state index contributed by atoms with van der Waals surface area (Å²) in [6, 6.07) is 15.8. The first-order valence-electron chi connectivity index (χ1n) is 6.58. The quantitative estimate of drug-likeness (QED) is 0.577. The van der Waals surface area contributed by atoms with Crippen molar-refractivity contribution in [3.8, 4) is 0 Å². The molecular formula is C17H13ClOS2. The van der Waals surface area contributed by atoms with Crippen LogP contribution in [0.3, 0.4) is 0 Å². The summed E-state index contributed by atoms with van der Waals surface area (Å²) in [5, 5.41) is 3.98. The number of carbonyl (C=O) groups excluding carboxylic acids is 1. The smallest absolute Gasteiger partial charge is 0.147 e. The lowest BCUT2D eigenvalue weighted by Crippen LogP contribution is -2.05. The summed E-state index contributed by atoms with van der Waals surface area (Å²) < 4.78 is 1.24. The number of Topliss-reactive ketones (excluding diaryl/α,β-unsaturated/α-hetero) is 1. The first-order valence-corrected chi connectivity index (χ1v) is 8.82. The van der Waals surface area contributed by atoms with Gasteiger partial charge in [-0.2, -0.15) is 0 Å². The Balaban J connectivity index is 1.66. The molecule has 106 valence electrons. The zero-order chi connectivity index (χ0) is 14.7. The minimum absolute atomic E-state index is 0.225. The van der Waals surface area contributed by atoms with E-state index in [0.717, 1.165) is 10.5 Å². The van der Waals surface area contributed by atoms with Crippen LogP contribution in [0.2, 0.25) is 5.02 Å². The molecule has 0 fully saturated rings. The molecule has 0 bridgehead atoms. The van der Waals surface area contributed by atoms with Gasteiger partial charge in [-0.05, 0) is 34.5 Å². The highest BCUT2D eigenvalue weighted by Gasteiger charge is 2.10. The van der Waals surface area contributed by atoms with E-state index in [4.69, 9.17) is 11.6 Å². The lowest BCUT2D eigenvalue weighted by Gasteiger charge is -2.03. The number of hydrogen-bond acceptors (Lipinski definition) is 3. The second-order valence-electron chi connectivity index (χ2n) is 4.69. The maximum Gasteiger partial charge on any atom is 0.147 e. The Morgan fingerprint density at radius 3 is 2.71 bits per heavy atom. The Kier molecular flexibility index (Phi) is 4.63. The number of thiophene rings is 1. The van der Waals surface area contributed by atoms with Crippen molar-refractivity contribution in [2.45, 2.75) is 11.3 Å². The fourth-order valence-corrected chi connectivity index (χ4v) is 4.21. The molecule has 3 rings (SSSR count). The number of rotatable bonds is 5. The van der Waals surface area contributed by atoms with Gasteiger partial charge in [0.05, 0.1) is 10.8 Å². The number of ketones is 1. The summed E-state index contributed by atoms with van der Waals surface area (Å²) in [5.41, 5.74) is 1.13. The molecule has 0 spiro atoms. The van der Waals surface area contributed by atoms with E-state index in [2.05, 4.69) is 17.5 Å². The number of benzene rings is 2. The zero-order valence-electron chi connectivity index (χ0n) is 11.2. The summed E-state index contributed by atoms with van der Waals surface area (Å²) >= 11 is 9.30. The topological polar surface area (TPSA) is 17.1 Å². The molecule has 0 amide bonds. The Morgan fingerprint density at radius 1 is 1.10 bits per heavy atom. The van der Waals surface area contributed by atoms with Gasteiger partial charge >= 0.3 is 0 Å². The predicted molar refractivity (Wildman–Crippen MR) is 92.7 cm³/mol. The van der Waals surface area contributed by atoms with E-state index < -0.39 is 0 Å². The third-order valence-electron chi connectivity index (χ3n) is 3.17. The van der Waals surface area contributed by atoms with Gasteiger partial charge in [0, 0.05) is 16.0 Å². The van der Waals surface area contributed by atoms with Crippen LogP contribution in [0, 0.1) is 0 Å². The van der Waals surface area contributed by atoms with Crippen LogP contribution >= 0.6 is 34.7 Å². The van der Waals surface area contributed by atoms with E-state index in [0.29, 0.717) is 17.2 Å². The molecule has 0 saturated heterocycles. The molecule has 0 saturated carbocycles. The fourth-order valence-electron chi connectivity index (χ4n) is 2.15. The van der Waals surface area contributed by atoms with Crippen LogP contribution in [0.15, 0.2) is 58.8 Å². The van der Waals surface area contributed by atoms with E-state index in [1.54, 1.807) is 11.3 Å². The van der Waals surface area contributed by atoms with Crippen molar-refractivity contribution >= 4 is 50.6 Å². The number of thioether (sulfide) groups is 1. The lowest BCUT2D eigenvalue weighted by atomic mass is 10.1. The molecule has 21 heavy (non-hydrogen) atoms. The number of hydrogen-bond donors (Lipinski definition) is 0. The highest BCUT2D eigenvalue weighted by atomic mass is 35.5. The van der Waals surface area contributed by atoms with Crippen molar-refractivity contribution in [3.63, 3.8) is 0 Å². The maximum absolute atomic E-state index is 12.2. The number of halogens is 1. The van der Waals surface area contributed by atoms with Gasteiger partial charge in [-0.25, -0.2) is 0 Å². The monoisotopic (exact) mass is 332 g/mol. The molecule has 0 aliphatic heterocycles. The molecule has 3 aromatic rings. The molecule has 0 atom stereocenters. The molecule has 1 heterocycles. The minimum Gasteiger partial charge on any atom is -0.298 e. The summed E-state index contributed by atoms with van der Waals surface area (Å²) in [6.07, 6.45) is 0.488. The molecule has 0 aliphatic rings. The Morgan fingerprint density at radius 2 is 1.86 bits per heavy atom. The molecule has 1 nitrogen and oxygen atoms in total. The van der Waals surface area contributed by atoms with Gasteiger partial charge in [0.2, 0.25) is 0 Å². The third-order valence-corrected chi connectivity index (χ3v) is 5.76. The van der Waals surface area contributed by atoms with Crippen molar-refractivity contribution in [2.24, 2.45) is 0 Å². The Bertz CT molecular complexity index is 779. The zero-order valence-corrected chi connectivity index (χ0v) is 13.6. The molecule has 0 aliphatic carbocycles. The Hall–Kier alpha value is -1.29. The van der Waals surface area contributed by atoms with Crippen molar-refractivity contribution in [2.75, 3.05) is 5.75 Å². The average Bonchev–Trinajstić information content (AvgIpc) is 2.90. The highest BCUT2D eigenvalue weighted by Crippen LogP contribution is 2.28. The summed E-state index contributed by atoms with van der Waals surface area (Å²) in [4.78, 5) is 13.1. The number of fused-ring (bicyclic) bond motifs is 1. The molecule has 1 aromatic heterocycles. The maximum atomic E-state index is 12.2.